The number of ether oxygens (including phenoxy) is 3. The van der Waals surface area contributed by atoms with Crippen LogP contribution in [0.1, 0.15) is 24.8 Å². The number of likely N-dealkylation sites (N-methyl/N-ethyl adjacent to an activating group) is 1. The number of rotatable bonds is 6. The summed E-state index contributed by atoms with van der Waals surface area (Å²) in [5.41, 5.74) is 4.22. The third kappa shape index (κ3) is 4.06. The van der Waals surface area contributed by atoms with Gasteiger partial charge < -0.3 is 14.2 Å². The Kier molecular flexibility index (Phi) is 5.43. The van der Waals surface area contributed by atoms with Crippen LogP contribution in [0.3, 0.4) is 0 Å². The van der Waals surface area contributed by atoms with Gasteiger partial charge in [0.2, 0.25) is 6.79 Å². The molecule has 0 aliphatic carbocycles. The second-order valence-electron chi connectivity index (χ2n) is 8.04. The summed E-state index contributed by atoms with van der Waals surface area (Å²) < 4.78 is 19.0. The van der Waals surface area contributed by atoms with E-state index in [2.05, 4.69) is 36.3 Å². The molecule has 0 spiro atoms. The van der Waals surface area contributed by atoms with Crippen LogP contribution in [0.25, 0.3) is 16.9 Å². The fourth-order valence-electron chi connectivity index (χ4n) is 4.18. The molecule has 1 aromatic heterocycles. The van der Waals surface area contributed by atoms with Gasteiger partial charge in [0.15, 0.2) is 11.5 Å². The van der Waals surface area contributed by atoms with Gasteiger partial charge >= 0.3 is 0 Å². The van der Waals surface area contributed by atoms with Crippen molar-refractivity contribution in [1.82, 2.24) is 14.7 Å². The number of benzene rings is 2. The van der Waals surface area contributed by atoms with Gasteiger partial charge in [0.1, 0.15) is 0 Å². The molecule has 1 atom stereocenters. The number of aromatic nitrogens is 2. The van der Waals surface area contributed by atoms with Crippen LogP contribution in [0.15, 0.2) is 54.7 Å². The van der Waals surface area contributed by atoms with Crippen LogP contribution in [0.5, 0.6) is 11.5 Å². The lowest BCUT2D eigenvalue weighted by atomic mass is 10.1. The molecular weight excluding hydrogens is 378 g/mol. The van der Waals surface area contributed by atoms with Crippen LogP contribution in [0, 0.1) is 0 Å². The quantitative estimate of drug-likeness (QED) is 0.613. The highest BCUT2D eigenvalue weighted by Gasteiger charge is 2.21. The molecule has 1 fully saturated rings. The number of para-hydroxylation sites is 1. The summed E-state index contributed by atoms with van der Waals surface area (Å²) in [7, 11) is 2.15. The van der Waals surface area contributed by atoms with Crippen molar-refractivity contribution in [1.29, 1.82) is 0 Å². The average molecular weight is 405 g/mol. The monoisotopic (exact) mass is 405 g/mol. The van der Waals surface area contributed by atoms with E-state index in [0.29, 0.717) is 6.10 Å². The van der Waals surface area contributed by atoms with Gasteiger partial charge in [-0.25, -0.2) is 4.68 Å². The van der Waals surface area contributed by atoms with Crippen LogP contribution in [0.2, 0.25) is 0 Å². The van der Waals surface area contributed by atoms with Crippen molar-refractivity contribution in [2.24, 2.45) is 0 Å². The summed E-state index contributed by atoms with van der Waals surface area (Å²) in [4.78, 5) is 2.33. The normalized spacial score (nSPS) is 18.1. The first kappa shape index (κ1) is 19.2. The topological polar surface area (TPSA) is 48.8 Å². The number of nitrogens with zero attached hydrogens (tertiary/aromatic N) is 3. The maximum atomic E-state index is 5.93. The third-order valence-electron chi connectivity index (χ3n) is 5.69. The van der Waals surface area contributed by atoms with Crippen LogP contribution >= 0.6 is 0 Å². The van der Waals surface area contributed by atoms with Gasteiger partial charge in [0, 0.05) is 37.0 Å². The standard InChI is InChI=1S/C24H27N3O3/c1-26(16-21-9-5-6-12-28-21)14-19-15-27(20-7-3-2-4-8-20)25-24(19)18-10-11-22-23(13-18)30-17-29-22/h2-4,7-8,10-11,13,15,21H,5-6,9,12,14,16-17H2,1H3/t21-/m1/s1. The smallest absolute Gasteiger partial charge is 0.231 e. The Morgan fingerprint density at radius 1 is 1.07 bits per heavy atom. The van der Waals surface area contributed by atoms with Crippen LogP contribution in [-0.4, -0.2) is 47.8 Å². The Labute approximate surface area is 177 Å². The maximum Gasteiger partial charge on any atom is 0.231 e. The first-order valence-electron chi connectivity index (χ1n) is 10.6. The van der Waals surface area contributed by atoms with Gasteiger partial charge in [-0.1, -0.05) is 18.2 Å². The number of fused-ring (bicyclic) bond motifs is 1. The molecule has 1 saturated heterocycles. The first-order valence-corrected chi connectivity index (χ1v) is 10.6. The zero-order valence-corrected chi connectivity index (χ0v) is 17.3. The lowest BCUT2D eigenvalue weighted by Crippen LogP contribution is -2.33. The predicted molar refractivity (Wildman–Crippen MR) is 115 cm³/mol. The van der Waals surface area contributed by atoms with Gasteiger partial charge in [-0.3, -0.25) is 4.90 Å². The lowest BCUT2D eigenvalue weighted by molar-refractivity contribution is -0.00257. The fraction of sp³-hybridized carbons (Fsp3) is 0.375. The Morgan fingerprint density at radius 3 is 2.77 bits per heavy atom. The molecule has 3 heterocycles. The molecule has 0 N–H and O–H groups in total. The minimum Gasteiger partial charge on any atom is -0.454 e. The van der Waals surface area contributed by atoms with Crippen molar-refractivity contribution >= 4 is 0 Å². The molecule has 2 aromatic carbocycles. The van der Waals surface area contributed by atoms with E-state index >= 15 is 0 Å². The van der Waals surface area contributed by atoms with E-state index in [1.165, 1.54) is 18.4 Å². The zero-order valence-electron chi connectivity index (χ0n) is 17.3. The maximum absolute atomic E-state index is 5.93. The predicted octanol–water partition coefficient (Wildman–Crippen LogP) is 4.27. The highest BCUT2D eigenvalue weighted by atomic mass is 16.7. The van der Waals surface area contributed by atoms with E-state index in [-0.39, 0.29) is 6.79 Å². The van der Waals surface area contributed by atoms with Crippen LogP contribution in [0.4, 0.5) is 0 Å². The van der Waals surface area contributed by atoms with E-state index in [9.17, 15) is 0 Å². The molecule has 30 heavy (non-hydrogen) atoms. The Hall–Kier alpha value is -2.83. The molecule has 6 heteroatoms. The second kappa shape index (κ2) is 8.50. The fourth-order valence-corrected chi connectivity index (χ4v) is 4.18. The molecule has 5 rings (SSSR count). The summed E-state index contributed by atoms with van der Waals surface area (Å²) in [6.07, 6.45) is 6.03. The molecule has 0 bridgehead atoms. The van der Waals surface area contributed by atoms with E-state index in [0.717, 1.165) is 54.6 Å². The largest absolute Gasteiger partial charge is 0.454 e. The van der Waals surface area contributed by atoms with Gasteiger partial charge in [-0.05, 0) is 56.6 Å². The third-order valence-corrected chi connectivity index (χ3v) is 5.69. The SMILES string of the molecule is CN(Cc1cn(-c2ccccc2)nc1-c1ccc2c(c1)OCO2)C[C@H]1CCCCO1. The summed E-state index contributed by atoms with van der Waals surface area (Å²) in [6.45, 7) is 2.88. The van der Waals surface area contributed by atoms with Crippen molar-refractivity contribution in [2.45, 2.75) is 31.9 Å². The van der Waals surface area contributed by atoms with Gasteiger partial charge in [-0.2, -0.15) is 5.10 Å². The minimum absolute atomic E-state index is 0.272. The average Bonchev–Trinajstić information content (AvgIpc) is 3.41. The van der Waals surface area contributed by atoms with Crippen molar-refractivity contribution in [3.05, 3.63) is 60.3 Å². The van der Waals surface area contributed by atoms with E-state index in [1.54, 1.807) is 0 Å². The molecule has 2 aliphatic rings. The first-order chi connectivity index (χ1) is 14.8. The molecule has 6 nitrogen and oxygen atoms in total. The zero-order chi connectivity index (χ0) is 20.3. The molecule has 2 aliphatic heterocycles. The molecule has 0 radical (unpaired) electrons. The van der Waals surface area contributed by atoms with Crippen molar-refractivity contribution in [2.75, 3.05) is 27.0 Å². The Morgan fingerprint density at radius 2 is 1.93 bits per heavy atom. The summed E-state index contributed by atoms with van der Waals surface area (Å²) >= 11 is 0. The summed E-state index contributed by atoms with van der Waals surface area (Å²) in [6, 6.07) is 16.3. The molecule has 156 valence electrons. The molecule has 0 amide bonds. The van der Waals surface area contributed by atoms with E-state index < -0.39 is 0 Å². The van der Waals surface area contributed by atoms with E-state index in [1.807, 2.05) is 35.0 Å². The minimum atomic E-state index is 0.272. The van der Waals surface area contributed by atoms with Gasteiger partial charge in [0.25, 0.3) is 0 Å². The number of hydrogen-bond donors (Lipinski definition) is 0. The lowest BCUT2D eigenvalue weighted by Gasteiger charge is -2.27. The van der Waals surface area contributed by atoms with Crippen molar-refractivity contribution in [3.8, 4) is 28.4 Å². The molecule has 0 unspecified atom stereocenters. The van der Waals surface area contributed by atoms with Crippen LogP contribution < -0.4 is 9.47 Å². The molecule has 0 saturated carbocycles. The van der Waals surface area contributed by atoms with Gasteiger partial charge in [-0.15, -0.1) is 0 Å². The summed E-state index contributed by atoms with van der Waals surface area (Å²) in [5.74, 6) is 1.56. The highest BCUT2D eigenvalue weighted by molar-refractivity contribution is 5.67. The highest BCUT2D eigenvalue weighted by Crippen LogP contribution is 2.36. The van der Waals surface area contributed by atoms with E-state index in [4.69, 9.17) is 19.3 Å². The summed E-state index contributed by atoms with van der Waals surface area (Å²) in [5, 5.41) is 4.94. The van der Waals surface area contributed by atoms with Crippen molar-refractivity contribution < 1.29 is 14.2 Å². The number of hydrogen-bond acceptors (Lipinski definition) is 5. The van der Waals surface area contributed by atoms with Crippen molar-refractivity contribution in [3.63, 3.8) is 0 Å². The molecular formula is C24H27N3O3. The second-order valence-corrected chi connectivity index (χ2v) is 8.04. The Balaban J connectivity index is 1.44. The van der Waals surface area contributed by atoms with Gasteiger partial charge in [0.05, 0.1) is 17.5 Å². The molecule has 3 aromatic rings. The Bertz CT molecular complexity index is 996. The van der Waals surface area contributed by atoms with Crippen LogP contribution in [-0.2, 0) is 11.3 Å².